The molecule has 8 N–H and O–H groups in total. The third-order valence-corrected chi connectivity index (χ3v) is 16.4. The Kier molecular flexibility index (Phi) is 9.87. The standard InChI is InChI=1S/C45H66N8O/c1-3-13-26(14-4-1)37(27-15-5-2-6-16-27)54-28-23-24-35-36(25-28)45-52-43-34-22-12-11-21-33(34)41(50-43)48-39-30-18-8-7-17-29(30)38(46-39)47-40-31-19-9-10-20-32(31)42(49-40)51-44(35)53-45/h1-6,13-16,28-53H,7-12,17-25H2. The van der Waals surface area contributed by atoms with Crippen LogP contribution in [0.15, 0.2) is 60.7 Å². The maximum absolute atomic E-state index is 7.24. The van der Waals surface area contributed by atoms with Crippen LogP contribution in [0.1, 0.15) is 114 Å². The Balaban J connectivity index is 0.899. The SMILES string of the molecule is c1ccc(C(OC2CCC3C4NC5NC(NC6NC(NC7NC(NC(N4)C3C2)C2CCCCC72)C2CCCCC62)C2CCCCC52)c2ccccc2)cc1. The Morgan fingerprint density at radius 1 is 0.352 bits per heavy atom. The van der Waals surface area contributed by atoms with Gasteiger partial charge in [-0.2, -0.15) is 0 Å². The van der Waals surface area contributed by atoms with E-state index < -0.39 is 0 Å². The Labute approximate surface area is 323 Å². The molecule has 4 saturated carbocycles. The lowest BCUT2D eigenvalue weighted by Crippen LogP contribution is -2.61. The molecule has 0 spiro atoms. The van der Waals surface area contributed by atoms with Crippen LogP contribution < -0.4 is 42.5 Å². The minimum absolute atomic E-state index is 0.0486. The van der Waals surface area contributed by atoms with Crippen LogP contribution in [0.2, 0.25) is 0 Å². The predicted octanol–water partition coefficient (Wildman–Crippen LogP) is 5.39. The zero-order valence-corrected chi connectivity index (χ0v) is 32.2. The zero-order valence-electron chi connectivity index (χ0n) is 32.2. The Hall–Kier alpha value is -1.92. The molecule has 9 aliphatic rings. The summed E-state index contributed by atoms with van der Waals surface area (Å²) in [6.07, 6.45) is 22.4. The molecule has 292 valence electrons. The lowest BCUT2D eigenvalue weighted by Gasteiger charge is -2.38. The van der Waals surface area contributed by atoms with Gasteiger partial charge in [0.2, 0.25) is 0 Å². The van der Waals surface area contributed by atoms with Crippen molar-refractivity contribution in [1.82, 2.24) is 42.5 Å². The van der Waals surface area contributed by atoms with Crippen LogP contribution in [0, 0.1) is 47.3 Å². The van der Waals surface area contributed by atoms with Crippen molar-refractivity contribution in [2.75, 3.05) is 0 Å². The molecule has 2 aromatic rings. The van der Waals surface area contributed by atoms with Crippen LogP contribution in [0.4, 0.5) is 0 Å². The monoisotopic (exact) mass is 735 g/mol. The topological polar surface area (TPSA) is 105 Å². The molecule has 4 aliphatic carbocycles. The van der Waals surface area contributed by atoms with Crippen LogP contribution in [0.5, 0.6) is 0 Å². The fourth-order valence-electron chi connectivity index (χ4n) is 13.9. The van der Waals surface area contributed by atoms with Gasteiger partial charge in [-0.1, -0.05) is 99.2 Å². The van der Waals surface area contributed by atoms with Crippen molar-refractivity contribution >= 4 is 0 Å². The molecular formula is C45H66N8O. The van der Waals surface area contributed by atoms with Crippen molar-refractivity contribution in [3.05, 3.63) is 71.8 Å². The Morgan fingerprint density at radius 3 is 0.981 bits per heavy atom. The van der Waals surface area contributed by atoms with E-state index in [0.29, 0.717) is 84.3 Å². The lowest BCUT2D eigenvalue weighted by atomic mass is 9.76. The van der Waals surface area contributed by atoms with E-state index in [1.807, 2.05) is 0 Å². The molecule has 0 radical (unpaired) electrons. The van der Waals surface area contributed by atoms with E-state index in [9.17, 15) is 0 Å². The fourth-order valence-corrected chi connectivity index (χ4v) is 13.9. The zero-order chi connectivity index (χ0) is 35.6. The summed E-state index contributed by atoms with van der Waals surface area (Å²) in [5.41, 5.74) is 2.50. The van der Waals surface area contributed by atoms with E-state index in [4.69, 9.17) is 4.74 Å². The normalized spacial score (nSPS) is 47.1. The predicted molar refractivity (Wildman–Crippen MR) is 212 cm³/mol. The number of ether oxygens (including phenoxy) is 1. The number of hydrogen-bond donors (Lipinski definition) is 8. The minimum atomic E-state index is -0.0486. The van der Waals surface area contributed by atoms with E-state index in [1.165, 1.54) is 94.6 Å². The van der Waals surface area contributed by atoms with Gasteiger partial charge in [-0.25, -0.2) is 0 Å². The van der Waals surface area contributed by atoms with Crippen molar-refractivity contribution in [3.8, 4) is 0 Å². The highest BCUT2D eigenvalue weighted by Gasteiger charge is 2.55. The van der Waals surface area contributed by atoms with E-state index >= 15 is 0 Å². The molecule has 11 rings (SSSR count). The molecule has 5 heterocycles. The maximum atomic E-state index is 7.24. The van der Waals surface area contributed by atoms with E-state index in [2.05, 4.69) is 103 Å². The van der Waals surface area contributed by atoms with Gasteiger partial charge in [-0.3, -0.25) is 42.5 Å². The van der Waals surface area contributed by atoms with Crippen molar-refractivity contribution in [2.24, 2.45) is 47.3 Å². The first-order valence-corrected chi connectivity index (χ1v) is 22.6. The number of nitrogens with one attached hydrogen (secondary N) is 8. The molecule has 17 atom stereocenters. The Morgan fingerprint density at radius 2 is 0.648 bits per heavy atom. The van der Waals surface area contributed by atoms with Gasteiger partial charge < -0.3 is 4.74 Å². The van der Waals surface area contributed by atoms with Gasteiger partial charge in [0.25, 0.3) is 0 Å². The summed E-state index contributed by atoms with van der Waals surface area (Å²) in [7, 11) is 0. The quantitative estimate of drug-likeness (QED) is 0.210. The average molecular weight is 735 g/mol. The number of fused-ring (bicyclic) bond motifs is 20. The summed E-state index contributed by atoms with van der Waals surface area (Å²) in [5, 5.41) is 34.2. The van der Waals surface area contributed by atoms with Gasteiger partial charge in [0.05, 0.1) is 55.4 Å². The molecule has 2 aromatic carbocycles. The number of hydrogen-bond acceptors (Lipinski definition) is 9. The van der Waals surface area contributed by atoms with Crippen LogP contribution in [0.3, 0.4) is 0 Å². The minimum Gasteiger partial charge on any atom is -0.366 e. The number of benzene rings is 2. The molecule has 5 saturated heterocycles. The second-order valence-corrected chi connectivity index (χ2v) is 19.1. The van der Waals surface area contributed by atoms with E-state index in [0.717, 1.165) is 12.8 Å². The third-order valence-electron chi connectivity index (χ3n) is 16.4. The van der Waals surface area contributed by atoms with E-state index in [1.54, 1.807) is 0 Å². The molecule has 5 aliphatic heterocycles. The van der Waals surface area contributed by atoms with Crippen molar-refractivity contribution in [1.29, 1.82) is 0 Å². The highest BCUT2D eigenvalue weighted by Crippen LogP contribution is 2.46. The molecule has 9 nitrogen and oxygen atoms in total. The summed E-state index contributed by atoms with van der Waals surface area (Å²) in [6.45, 7) is 0. The first-order valence-electron chi connectivity index (χ1n) is 22.6. The molecule has 8 bridgehead atoms. The van der Waals surface area contributed by atoms with Crippen LogP contribution in [-0.2, 0) is 4.74 Å². The molecule has 0 aromatic heterocycles. The molecule has 9 fully saturated rings. The fraction of sp³-hybridized carbons (Fsp3) is 0.733. The van der Waals surface area contributed by atoms with Gasteiger partial charge in [0, 0.05) is 0 Å². The van der Waals surface area contributed by atoms with Gasteiger partial charge in [0.1, 0.15) is 6.10 Å². The summed E-state index contributed by atoms with van der Waals surface area (Å²) in [6, 6.07) is 21.8. The van der Waals surface area contributed by atoms with Crippen molar-refractivity contribution < 1.29 is 4.74 Å². The van der Waals surface area contributed by atoms with Gasteiger partial charge in [0.15, 0.2) is 0 Å². The van der Waals surface area contributed by atoms with Gasteiger partial charge in [-0.05, 0) is 116 Å². The molecule has 9 heteroatoms. The van der Waals surface area contributed by atoms with Crippen molar-refractivity contribution in [3.63, 3.8) is 0 Å². The molecular weight excluding hydrogens is 669 g/mol. The second-order valence-electron chi connectivity index (χ2n) is 19.1. The summed E-state index contributed by atoms with van der Waals surface area (Å²) >= 11 is 0. The lowest BCUT2D eigenvalue weighted by molar-refractivity contribution is -0.0377. The van der Waals surface area contributed by atoms with Gasteiger partial charge >= 0.3 is 0 Å². The summed E-state index contributed by atoms with van der Waals surface area (Å²) < 4.78 is 7.24. The second kappa shape index (κ2) is 15.1. The Bertz CT molecular complexity index is 1520. The smallest absolute Gasteiger partial charge is 0.108 e. The molecule has 0 amide bonds. The summed E-state index contributed by atoms with van der Waals surface area (Å²) in [4.78, 5) is 0. The average Bonchev–Trinajstić information content (AvgIpc) is 3.96. The first kappa shape index (κ1) is 35.3. The van der Waals surface area contributed by atoms with Gasteiger partial charge in [-0.15, -0.1) is 0 Å². The van der Waals surface area contributed by atoms with Crippen LogP contribution in [-0.4, -0.2) is 55.4 Å². The largest absolute Gasteiger partial charge is 0.366 e. The first-order chi connectivity index (χ1) is 26.7. The third kappa shape index (κ3) is 6.51. The van der Waals surface area contributed by atoms with Crippen LogP contribution in [0.25, 0.3) is 0 Å². The number of rotatable bonds is 4. The molecule has 17 unspecified atom stereocenters. The van der Waals surface area contributed by atoms with E-state index in [-0.39, 0.29) is 24.5 Å². The van der Waals surface area contributed by atoms with Crippen LogP contribution >= 0.6 is 0 Å². The highest BCUT2D eigenvalue weighted by molar-refractivity contribution is 5.30. The molecule has 54 heavy (non-hydrogen) atoms. The summed E-state index contributed by atoms with van der Waals surface area (Å²) in [5.74, 6) is 5.18. The van der Waals surface area contributed by atoms with Crippen molar-refractivity contribution in [2.45, 2.75) is 158 Å². The maximum Gasteiger partial charge on any atom is 0.108 e. The highest BCUT2D eigenvalue weighted by atomic mass is 16.5.